The Balaban J connectivity index is 2.42. The summed E-state index contributed by atoms with van der Waals surface area (Å²) in [4.78, 5) is -0.153. The van der Waals surface area contributed by atoms with Gasteiger partial charge in [-0.2, -0.15) is 0 Å². The van der Waals surface area contributed by atoms with Crippen molar-refractivity contribution in [1.82, 2.24) is 0 Å². The Bertz CT molecular complexity index is 684. The van der Waals surface area contributed by atoms with Crippen LogP contribution in [0, 0.1) is 11.6 Å². The number of halogens is 2. The molecule has 0 heterocycles. The minimum Gasteiger partial charge on any atom is -0.269 e. The molecule has 6 heteroatoms. The summed E-state index contributed by atoms with van der Waals surface area (Å²) in [6, 6.07) is 9.73. The van der Waals surface area contributed by atoms with Crippen LogP contribution in [0.25, 0.3) is 0 Å². The standard InChI is InChI=1S/C13H11F2NO2S/c1-16(12-7-5-10(14)6-8-12)19(17,18)13-4-2-3-11(15)9-13/h2-9H,1H3. The first-order valence-corrected chi connectivity index (χ1v) is 6.85. The van der Waals surface area contributed by atoms with Crippen molar-refractivity contribution in [1.29, 1.82) is 0 Å². The van der Waals surface area contributed by atoms with Gasteiger partial charge in [0.2, 0.25) is 0 Å². The Hall–Kier alpha value is -1.95. The van der Waals surface area contributed by atoms with Crippen molar-refractivity contribution in [2.24, 2.45) is 0 Å². The molecule has 0 aromatic heterocycles. The fraction of sp³-hybridized carbons (Fsp3) is 0.0769. The van der Waals surface area contributed by atoms with Crippen molar-refractivity contribution in [3.63, 3.8) is 0 Å². The van der Waals surface area contributed by atoms with Crippen molar-refractivity contribution in [3.05, 3.63) is 60.2 Å². The molecule has 0 saturated carbocycles. The summed E-state index contributed by atoms with van der Waals surface area (Å²) in [6.45, 7) is 0. The second kappa shape index (κ2) is 4.97. The van der Waals surface area contributed by atoms with Gasteiger partial charge in [-0.3, -0.25) is 4.31 Å². The largest absolute Gasteiger partial charge is 0.269 e. The molecule has 0 aliphatic rings. The number of hydrogen-bond acceptors (Lipinski definition) is 2. The van der Waals surface area contributed by atoms with Crippen LogP contribution in [-0.2, 0) is 10.0 Å². The lowest BCUT2D eigenvalue weighted by Gasteiger charge is -2.19. The smallest absolute Gasteiger partial charge is 0.264 e. The molecule has 0 aliphatic heterocycles. The molecule has 0 bridgehead atoms. The summed E-state index contributed by atoms with van der Waals surface area (Å²) in [5, 5.41) is 0. The maximum atomic E-state index is 13.1. The lowest BCUT2D eigenvalue weighted by atomic mass is 10.3. The quantitative estimate of drug-likeness (QED) is 0.868. The van der Waals surface area contributed by atoms with E-state index in [4.69, 9.17) is 0 Å². The first-order valence-electron chi connectivity index (χ1n) is 5.41. The maximum absolute atomic E-state index is 13.1. The molecule has 0 saturated heterocycles. The minimum atomic E-state index is -3.86. The lowest BCUT2D eigenvalue weighted by molar-refractivity contribution is 0.589. The fourth-order valence-electron chi connectivity index (χ4n) is 1.58. The van der Waals surface area contributed by atoms with E-state index in [-0.39, 0.29) is 4.90 Å². The van der Waals surface area contributed by atoms with Crippen LogP contribution >= 0.6 is 0 Å². The van der Waals surface area contributed by atoms with Gasteiger partial charge in [0.1, 0.15) is 11.6 Å². The normalized spacial score (nSPS) is 11.3. The molecule has 19 heavy (non-hydrogen) atoms. The molecule has 0 fully saturated rings. The maximum Gasteiger partial charge on any atom is 0.264 e. The van der Waals surface area contributed by atoms with Crippen LogP contribution in [0.2, 0.25) is 0 Å². The Morgan fingerprint density at radius 3 is 2.16 bits per heavy atom. The van der Waals surface area contributed by atoms with Gasteiger partial charge in [0.25, 0.3) is 10.0 Å². The number of rotatable bonds is 3. The van der Waals surface area contributed by atoms with Gasteiger partial charge in [-0.05, 0) is 42.5 Å². The molecule has 2 rings (SSSR count). The van der Waals surface area contributed by atoms with Crippen LogP contribution in [0.4, 0.5) is 14.5 Å². The molecule has 0 spiro atoms. The average molecular weight is 283 g/mol. The van der Waals surface area contributed by atoms with E-state index in [1.807, 2.05) is 0 Å². The fourth-order valence-corrected chi connectivity index (χ4v) is 2.80. The summed E-state index contributed by atoms with van der Waals surface area (Å²) in [7, 11) is -2.53. The number of anilines is 1. The van der Waals surface area contributed by atoms with Crippen molar-refractivity contribution >= 4 is 15.7 Å². The second-order valence-electron chi connectivity index (χ2n) is 3.91. The Morgan fingerprint density at radius 2 is 1.58 bits per heavy atom. The monoisotopic (exact) mass is 283 g/mol. The SMILES string of the molecule is CN(c1ccc(F)cc1)S(=O)(=O)c1cccc(F)c1. The average Bonchev–Trinajstić information content (AvgIpc) is 2.39. The van der Waals surface area contributed by atoms with Gasteiger partial charge in [-0.15, -0.1) is 0 Å². The molecule has 0 N–H and O–H groups in total. The van der Waals surface area contributed by atoms with Crippen LogP contribution in [0.1, 0.15) is 0 Å². The van der Waals surface area contributed by atoms with Crippen LogP contribution in [0.15, 0.2) is 53.4 Å². The van der Waals surface area contributed by atoms with E-state index in [9.17, 15) is 17.2 Å². The van der Waals surface area contributed by atoms with Gasteiger partial charge in [0, 0.05) is 7.05 Å². The number of nitrogens with zero attached hydrogens (tertiary/aromatic N) is 1. The van der Waals surface area contributed by atoms with Gasteiger partial charge in [0.15, 0.2) is 0 Å². The number of hydrogen-bond donors (Lipinski definition) is 0. The first kappa shape index (κ1) is 13.5. The molecule has 0 aliphatic carbocycles. The molecular formula is C13H11F2NO2S. The Labute approximate surface area is 110 Å². The highest BCUT2D eigenvalue weighted by atomic mass is 32.2. The predicted molar refractivity (Wildman–Crippen MR) is 68.4 cm³/mol. The van der Waals surface area contributed by atoms with E-state index in [0.29, 0.717) is 5.69 Å². The Kier molecular flexibility index (Phi) is 3.53. The summed E-state index contributed by atoms with van der Waals surface area (Å²) in [5.74, 6) is -1.09. The molecule has 2 aromatic carbocycles. The van der Waals surface area contributed by atoms with Crippen molar-refractivity contribution in [3.8, 4) is 0 Å². The van der Waals surface area contributed by atoms with Crippen LogP contribution in [-0.4, -0.2) is 15.5 Å². The topological polar surface area (TPSA) is 37.4 Å². The summed E-state index contributed by atoms with van der Waals surface area (Å²) < 4.78 is 51.3. The molecule has 3 nitrogen and oxygen atoms in total. The van der Waals surface area contributed by atoms with Gasteiger partial charge >= 0.3 is 0 Å². The van der Waals surface area contributed by atoms with E-state index in [1.54, 1.807) is 0 Å². The van der Waals surface area contributed by atoms with Gasteiger partial charge in [-0.25, -0.2) is 17.2 Å². The third-order valence-corrected chi connectivity index (χ3v) is 4.43. The minimum absolute atomic E-state index is 0.153. The molecule has 2 aromatic rings. The van der Waals surface area contributed by atoms with Crippen LogP contribution < -0.4 is 4.31 Å². The Morgan fingerprint density at radius 1 is 0.947 bits per heavy atom. The molecular weight excluding hydrogens is 272 g/mol. The zero-order valence-electron chi connectivity index (χ0n) is 10.0. The highest BCUT2D eigenvalue weighted by Gasteiger charge is 2.21. The summed E-state index contributed by atoms with van der Waals surface area (Å²) >= 11 is 0. The van der Waals surface area contributed by atoms with E-state index in [2.05, 4.69) is 0 Å². The highest BCUT2D eigenvalue weighted by Crippen LogP contribution is 2.22. The van der Waals surface area contributed by atoms with Gasteiger partial charge in [-0.1, -0.05) is 6.07 Å². The van der Waals surface area contributed by atoms with Crippen LogP contribution in [0.3, 0.4) is 0 Å². The molecule has 0 amide bonds. The molecule has 0 atom stereocenters. The van der Waals surface area contributed by atoms with Crippen molar-refractivity contribution in [2.45, 2.75) is 4.90 Å². The third-order valence-electron chi connectivity index (χ3n) is 2.64. The van der Waals surface area contributed by atoms with E-state index in [0.717, 1.165) is 28.6 Å². The number of benzene rings is 2. The zero-order chi connectivity index (χ0) is 14.0. The highest BCUT2D eigenvalue weighted by molar-refractivity contribution is 7.92. The van der Waals surface area contributed by atoms with E-state index < -0.39 is 21.7 Å². The number of sulfonamides is 1. The van der Waals surface area contributed by atoms with Gasteiger partial charge in [0.05, 0.1) is 10.6 Å². The van der Waals surface area contributed by atoms with Crippen LogP contribution in [0.5, 0.6) is 0 Å². The molecule has 0 unspecified atom stereocenters. The van der Waals surface area contributed by atoms with E-state index in [1.165, 1.54) is 31.3 Å². The summed E-state index contributed by atoms with van der Waals surface area (Å²) in [5.41, 5.74) is 0.297. The van der Waals surface area contributed by atoms with Crippen molar-refractivity contribution < 1.29 is 17.2 Å². The first-order chi connectivity index (χ1) is 8.91. The van der Waals surface area contributed by atoms with E-state index >= 15 is 0 Å². The molecule has 100 valence electrons. The third kappa shape index (κ3) is 2.73. The predicted octanol–water partition coefficient (Wildman–Crippen LogP) is 2.79. The molecule has 0 radical (unpaired) electrons. The van der Waals surface area contributed by atoms with Gasteiger partial charge < -0.3 is 0 Å². The lowest BCUT2D eigenvalue weighted by Crippen LogP contribution is -2.26. The zero-order valence-corrected chi connectivity index (χ0v) is 10.9. The second-order valence-corrected chi connectivity index (χ2v) is 5.88. The van der Waals surface area contributed by atoms with Crippen molar-refractivity contribution in [2.75, 3.05) is 11.4 Å². The summed E-state index contributed by atoms with van der Waals surface area (Å²) in [6.07, 6.45) is 0.